The van der Waals surface area contributed by atoms with Crippen molar-refractivity contribution >= 4 is 23.6 Å². The van der Waals surface area contributed by atoms with Gasteiger partial charge >= 0.3 is 0 Å². The quantitative estimate of drug-likeness (QED) is 0.203. The van der Waals surface area contributed by atoms with Crippen LogP contribution in [0.3, 0.4) is 0 Å². The molecule has 154 valence electrons. The molecule has 0 saturated carbocycles. The third kappa shape index (κ3) is 9.64. The number of amides is 4. The first-order valence-electron chi connectivity index (χ1n) is 8.77. The maximum Gasteiger partial charge on any atom is 0.245 e. The highest BCUT2D eigenvalue weighted by Crippen LogP contribution is 2.03. The maximum atomic E-state index is 12.4. The average molecular weight is 393 g/mol. The molecule has 1 atom stereocenters. The lowest BCUT2D eigenvalue weighted by atomic mass is 10.1. The number of likely N-dealkylation sites (N-methyl/N-ethyl adjacent to an activating group) is 2. The molecule has 1 unspecified atom stereocenters. The van der Waals surface area contributed by atoms with Gasteiger partial charge in [-0.25, -0.2) is 0 Å². The van der Waals surface area contributed by atoms with Crippen LogP contribution in [0, 0.1) is 0 Å². The van der Waals surface area contributed by atoms with Crippen molar-refractivity contribution in [2.45, 2.75) is 12.5 Å². The van der Waals surface area contributed by atoms with E-state index >= 15 is 0 Å². The lowest BCUT2D eigenvalue weighted by Gasteiger charge is -2.18. The monoisotopic (exact) mass is 393 g/mol. The largest absolute Gasteiger partial charge is 0.357 e. The summed E-state index contributed by atoms with van der Waals surface area (Å²) in [5, 5.41) is 12.6. The minimum absolute atomic E-state index is 0.0712. The zero-order valence-electron chi connectivity index (χ0n) is 16.0. The fourth-order valence-electron chi connectivity index (χ4n) is 2.17. The molecule has 1 rings (SSSR count). The van der Waals surface area contributed by atoms with Crippen molar-refractivity contribution in [1.82, 2.24) is 26.6 Å². The van der Waals surface area contributed by atoms with Gasteiger partial charge in [-0.1, -0.05) is 30.3 Å². The van der Waals surface area contributed by atoms with E-state index in [2.05, 4.69) is 26.6 Å². The lowest BCUT2D eigenvalue weighted by Crippen LogP contribution is -2.51. The summed E-state index contributed by atoms with van der Waals surface area (Å²) in [5.74, 6) is -1.60. The van der Waals surface area contributed by atoms with Gasteiger partial charge in [-0.2, -0.15) is 0 Å². The smallest absolute Gasteiger partial charge is 0.245 e. The molecule has 0 saturated heterocycles. The van der Waals surface area contributed by atoms with Gasteiger partial charge in [0, 0.05) is 13.5 Å². The van der Waals surface area contributed by atoms with E-state index in [1.165, 1.54) is 7.05 Å². The summed E-state index contributed by atoms with van der Waals surface area (Å²) < 4.78 is 4.95. The van der Waals surface area contributed by atoms with Gasteiger partial charge in [0.05, 0.1) is 13.1 Å². The molecule has 0 heterocycles. The molecule has 4 amide bonds. The first-order chi connectivity index (χ1) is 13.5. The lowest BCUT2D eigenvalue weighted by molar-refractivity contribution is -0.131. The van der Waals surface area contributed by atoms with Gasteiger partial charge in [0.25, 0.3) is 0 Å². The fourth-order valence-corrected chi connectivity index (χ4v) is 2.17. The summed E-state index contributed by atoms with van der Waals surface area (Å²) in [6, 6.07) is 8.41. The number of carbonyl (C=O) groups is 4. The highest BCUT2D eigenvalue weighted by atomic mass is 16.5. The van der Waals surface area contributed by atoms with E-state index in [0.717, 1.165) is 5.56 Å². The molecule has 0 bridgehead atoms. The van der Waals surface area contributed by atoms with E-state index in [-0.39, 0.29) is 38.2 Å². The second kappa shape index (κ2) is 13.2. The Hall–Kier alpha value is -2.98. The zero-order valence-corrected chi connectivity index (χ0v) is 16.0. The number of carbonyl (C=O) groups excluding carboxylic acids is 4. The van der Waals surface area contributed by atoms with Gasteiger partial charge in [0.15, 0.2) is 0 Å². The van der Waals surface area contributed by atoms with Gasteiger partial charge in [-0.05, 0) is 12.6 Å². The van der Waals surface area contributed by atoms with Crippen LogP contribution in [-0.4, -0.2) is 70.2 Å². The third-order valence-corrected chi connectivity index (χ3v) is 3.58. The van der Waals surface area contributed by atoms with Crippen molar-refractivity contribution in [2.24, 2.45) is 0 Å². The molecule has 0 radical (unpaired) electrons. The molecule has 0 aliphatic heterocycles. The van der Waals surface area contributed by atoms with Gasteiger partial charge < -0.3 is 31.3 Å². The summed E-state index contributed by atoms with van der Waals surface area (Å²) in [7, 11) is 3.10. The number of hydrogen-bond acceptors (Lipinski definition) is 6. The van der Waals surface area contributed by atoms with Crippen LogP contribution in [0.5, 0.6) is 0 Å². The van der Waals surface area contributed by atoms with E-state index < -0.39 is 17.9 Å². The molecule has 10 heteroatoms. The van der Waals surface area contributed by atoms with Crippen LogP contribution >= 0.6 is 0 Å². The highest BCUT2D eigenvalue weighted by molar-refractivity contribution is 5.91. The first kappa shape index (κ1) is 23.1. The Balaban J connectivity index is 2.49. The summed E-state index contributed by atoms with van der Waals surface area (Å²) in [4.78, 5) is 47.0. The number of ether oxygens (including phenoxy) is 1. The standard InChI is InChI=1S/C18H27N5O5/c1-19-9-16(25)23-14(8-13-6-4-3-5-7-13)18(27)21-10-15(24)22-12-28-11-17(26)20-2/h3-7,14,19H,8-12H2,1-2H3,(H,20,26)(H,21,27)(H,22,24)(H,23,25). The minimum Gasteiger partial charge on any atom is -0.357 e. The number of nitrogens with one attached hydrogen (secondary N) is 5. The van der Waals surface area contributed by atoms with E-state index in [9.17, 15) is 19.2 Å². The van der Waals surface area contributed by atoms with Gasteiger partial charge in [0.2, 0.25) is 23.6 Å². The Morgan fingerprint density at radius 3 is 2.29 bits per heavy atom. The summed E-state index contributed by atoms with van der Waals surface area (Å²) in [5.41, 5.74) is 0.874. The molecular weight excluding hydrogens is 366 g/mol. The van der Waals surface area contributed by atoms with Crippen molar-refractivity contribution in [2.75, 3.05) is 40.5 Å². The summed E-state index contributed by atoms with van der Waals surface area (Å²) >= 11 is 0. The van der Waals surface area contributed by atoms with E-state index in [0.29, 0.717) is 6.42 Å². The van der Waals surface area contributed by atoms with E-state index in [1.807, 2.05) is 30.3 Å². The van der Waals surface area contributed by atoms with Crippen LogP contribution in [-0.2, 0) is 30.3 Å². The predicted molar refractivity (Wildman–Crippen MR) is 102 cm³/mol. The van der Waals surface area contributed by atoms with Crippen LogP contribution in [0.1, 0.15) is 5.56 Å². The van der Waals surface area contributed by atoms with Crippen LogP contribution < -0.4 is 26.6 Å². The predicted octanol–water partition coefficient (Wildman–Crippen LogP) is -2.11. The molecule has 0 aliphatic rings. The highest BCUT2D eigenvalue weighted by Gasteiger charge is 2.21. The topological polar surface area (TPSA) is 138 Å². The van der Waals surface area contributed by atoms with Crippen LogP contribution in [0.4, 0.5) is 0 Å². The SMILES string of the molecule is CNCC(=O)NC(Cc1ccccc1)C(=O)NCC(=O)NCOCC(=O)NC. The Kier molecular flexibility index (Phi) is 10.9. The molecule has 0 spiro atoms. The normalized spacial score (nSPS) is 11.2. The van der Waals surface area contributed by atoms with E-state index in [4.69, 9.17) is 4.74 Å². The molecule has 0 fully saturated rings. The average Bonchev–Trinajstić information content (AvgIpc) is 2.69. The van der Waals surface area contributed by atoms with Gasteiger partial charge in [-0.3, -0.25) is 19.2 Å². The number of benzene rings is 1. The van der Waals surface area contributed by atoms with Crippen molar-refractivity contribution in [3.05, 3.63) is 35.9 Å². The molecule has 28 heavy (non-hydrogen) atoms. The molecule has 10 nitrogen and oxygen atoms in total. The zero-order chi connectivity index (χ0) is 20.8. The molecule has 1 aromatic rings. The van der Waals surface area contributed by atoms with Crippen molar-refractivity contribution in [3.63, 3.8) is 0 Å². The van der Waals surface area contributed by atoms with Crippen molar-refractivity contribution < 1.29 is 23.9 Å². The van der Waals surface area contributed by atoms with E-state index in [1.54, 1.807) is 7.05 Å². The van der Waals surface area contributed by atoms with Crippen LogP contribution in [0.2, 0.25) is 0 Å². The minimum atomic E-state index is -0.819. The molecular formula is C18H27N5O5. The molecule has 0 aromatic heterocycles. The Bertz CT molecular complexity index is 653. The Morgan fingerprint density at radius 2 is 1.64 bits per heavy atom. The second-order valence-corrected chi connectivity index (χ2v) is 5.82. The Labute approximate surface area is 163 Å². The van der Waals surface area contributed by atoms with Crippen molar-refractivity contribution in [3.8, 4) is 0 Å². The number of hydrogen-bond donors (Lipinski definition) is 5. The molecule has 5 N–H and O–H groups in total. The number of rotatable bonds is 12. The summed E-state index contributed by atoms with van der Waals surface area (Å²) in [6.45, 7) is -0.550. The molecule has 0 aliphatic carbocycles. The van der Waals surface area contributed by atoms with Gasteiger partial charge in [-0.15, -0.1) is 0 Å². The second-order valence-electron chi connectivity index (χ2n) is 5.82. The van der Waals surface area contributed by atoms with Crippen molar-refractivity contribution in [1.29, 1.82) is 0 Å². The Morgan fingerprint density at radius 1 is 0.929 bits per heavy atom. The van der Waals surface area contributed by atoms with Gasteiger partial charge in [0.1, 0.15) is 19.4 Å². The third-order valence-electron chi connectivity index (χ3n) is 3.58. The maximum absolute atomic E-state index is 12.4. The van der Waals surface area contributed by atoms with Crippen LogP contribution in [0.25, 0.3) is 0 Å². The first-order valence-corrected chi connectivity index (χ1v) is 8.77. The molecule has 1 aromatic carbocycles. The summed E-state index contributed by atoms with van der Waals surface area (Å²) in [6.07, 6.45) is 0.291. The fraction of sp³-hybridized carbons (Fsp3) is 0.444. The van der Waals surface area contributed by atoms with Crippen LogP contribution in [0.15, 0.2) is 30.3 Å².